The van der Waals surface area contributed by atoms with E-state index in [2.05, 4.69) is 41.4 Å². The van der Waals surface area contributed by atoms with Gasteiger partial charge in [-0.15, -0.1) is 0 Å². The van der Waals surface area contributed by atoms with Gasteiger partial charge in [-0.3, -0.25) is 9.69 Å². The molecule has 1 unspecified atom stereocenters. The number of halogens is 1. The Kier molecular flexibility index (Phi) is 6.84. The van der Waals surface area contributed by atoms with Crippen LogP contribution in [0.25, 0.3) is 0 Å². The normalized spacial score (nSPS) is 16.4. The number of ketones is 1. The number of benzene rings is 2. The fourth-order valence-corrected chi connectivity index (χ4v) is 3.66. The smallest absolute Gasteiger partial charge is 0.176 e. The fraction of sp³-hybridized carbons (Fsp3) is 0.409. The van der Waals surface area contributed by atoms with Crippen molar-refractivity contribution >= 4 is 17.4 Å². The highest BCUT2D eigenvalue weighted by Gasteiger charge is 2.22. The molecule has 26 heavy (non-hydrogen) atoms. The Morgan fingerprint density at radius 1 is 1.04 bits per heavy atom. The Morgan fingerprint density at radius 2 is 1.69 bits per heavy atom. The van der Waals surface area contributed by atoms with Crippen molar-refractivity contribution < 1.29 is 4.79 Å². The number of nitrogens with one attached hydrogen (secondary N) is 1. The Labute approximate surface area is 161 Å². The number of hydrogen-bond acceptors (Lipinski definition) is 3. The summed E-state index contributed by atoms with van der Waals surface area (Å²) in [5.41, 5.74) is 3.30. The average Bonchev–Trinajstić information content (AvgIpc) is 2.67. The largest absolute Gasteiger partial charge is 0.308 e. The van der Waals surface area contributed by atoms with Crippen LogP contribution in [0.5, 0.6) is 0 Å². The second-order valence-electron chi connectivity index (χ2n) is 7.08. The fourth-order valence-electron chi connectivity index (χ4n) is 3.54. The van der Waals surface area contributed by atoms with Crippen molar-refractivity contribution in [3.05, 3.63) is 70.2 Å². The van der Waals surface area contributed by atoms with Crippen LogP contribution in [0.15, 0.2) is 48.5 Å². The van der Waals surface area contributed by atoms with E-state index >= 15 is 0 Å². The maximum absolute atomic E-state index is 12.4. The molecule has 0 spiro atoms. The predicted octanol–water partition coefficient (Wildman–Crippen LogP) is 4.65. The van der Waals surface area contributed by atoms with Crippen LogP contribution in [0.1, 0.15) is 46.8 Å². The zero-order valence-corrected chi connectivity index (χ0v) is 16.1. The number of piperidine rings is 1. The lowest BCUT2D eigenvalue weighted by Gasteiger charge is -2.35. The van der Waals surface area contributed by atoms with E-state index in [4.69, 9.17) is 11.6 Å². The van der Waals surface area contributed by atoms with Crippen LogP contribution < -0.4 is 5.32 Å². The molecule has 2 aromatic carbocycles. The summed E-state index contributed by atoms with van der Waals surface area (Å²) < 4.78 is 0. The molecular formula is C22H27ClN2O. The van der Waals surface area contributed by atoms with Gasteiger partial charge in [0.15, 0.2) is 5.78 Å². The summed E-state index contributed by atoms with van der Waals surface area (Å²) in [4.78, 5) is 14.9. The van der Waals surface area contributed by atoms with Crippen molar-refractivity contribution in [1.82, 2.24) is 10.2 Å². The molecule has 0 radical (unpaired) electrons. The van der Waals surface area contributed by atoms with Gasteiger partial charge in [0.05, 0.1) is 6.54 Å². The molecular weight excluding hydrogens is 344 g/mol. The second kappa shape index (κ2) is 9.31. The molecule has 1 saturated heterocycles. The molecule has 1 aliphatic heterocycles. The lowest BCUT2D eigenvalue weighted by Crippen LogP contribution is -2.40. The minimum atomic E-state index is 0.1000. The van der Waals surface area contributed by atoms with Crippen LogP contribution in [-0.4, -0.2) is 36.9 Å². The molecule has 0 saturated carbocycles. The van der Waals surface area contributed by atoms with E-state index in [1.165, 1.54) is 30.4 Å². The summed E-state index contributed by atoms with van der Waals surface area (Å²) in [5.74, 6) is 0.1000. The van der Waals surface area contributed by atoms with Gasteiger partial charge in [-0.2, -0.15) is 0 Å². The summed E-state index contributed by atoms with van der Waals surface area (Å²) in [5, 5.41) is 4.04. The SMILES string of the molecule is Cc1ccc(C(CNCC(=O)c2ccc(Cl)cc2)N2CCCCC2)cc1. The van der Waals surface area contributed by atoms with Crippen molar-refractivity contribution in [2.45, 2.75) is 32.2 Å². The summed E-state index contributed by atoms with van der Waals surface area (Å²) in [6.45, 7) is 5.50. The van der Waals surface area contributed by atoms with Crippen molar-refractivity contribution in [2.75, 3.05) is 26.2 Å². The first-order chi connectivity index (χ1) is 12.6. The Morgan fingerprint density at radius 3 is 2.35 bits per heavy atom. The van der Waals surface area contributed by atoms with E-state index in [0.29, 0.717) is 23.2 Å². The molecule has 138 valence electrons. The number of carbonyl (C=O) groups excluding carboxylic acids is 1. The molecule has 3 nitrogen and oxygen atoms in total. The van der Waals surface area contributed by atoms with Crippen molar-refractivity contribution in [3.63, 3.8) is 0 Å². The van der Waals surface area contributed by atoms with Crippen LogP contribution in [0, 0.1) is 6.92 Å². The zero-order valence-electron chi connectivity index (χ0n) is 15.4. The standard InChI is InChI=1S/C22H27ClN2O/c1-17-5-7-18(8-6-17)21(25-13-3-2-4-14-25)15-24-16-22(26)19-9-11-20(23)12-10-19/h5-12,21,24H,2-4,13-16H2,1H3. The van der Waals surface area contributed by atoms with E-state index in [1.54, 1.807) is 24.3 Å². The second-order valence-corrected chi connectivity index (χ2v) is 7.52. The summed E-state index contributed by atoms with van der Waals surface area (Å²) >= 11 is 5.89. The molecule has 0 aliphatic carbocycles. The molecule has 1 aliphatic rings. The molecule has 1 heterocycles. The predicted molar refractivity (Wildman–Crippen MR) is 108 cm³/mol. The van der Waals surface area contributed by atoms with Gasteiger partial charge in [-0.25, -0.2) is 0 Å². The third-order valence-corrected chi connectivity index (χ3v) is 5.33. The van der Waals surface area contributed by atoms with Crippen LogP contribution >= 0.6 is 11.6 Å². The summed E-state index contributed by atoms with van der Waals surface area (Å²) in [6.07, 6.45) is 3.83. The van der Waals surface area contributed by atoms with Gasteiger partial charge in [-0.05, 0) is 62.7 Å². The van der Waals surface area contributed by atoms with Gasteiger partial charge < -0.3 is 5.32 Å². The van der Waals surface area contributed by atoms with E-state index in [9.17, 15) is 4.79 Å². The highest BCUT2D eigenvalue weighted by Crippen LogP contribution is 2.24. The lowest BCUT2D eigenvalue weighted by atomic mass is 10.0. The van der Waals surface area contributed by atoms with E-state index in [1.807, 2.05) is 0 Å². The van der Waals surface area contributed by atoms with Gasteiger partial charge >= 0.3 is 0 Å². The first-order valence-corrected chi connectivity index (χ1v) is 9.81. The molecule has 3 rings (SSSR count). The molecule has 1 N–H and O–H groups in total. The van der Waals surface area contributed by atoms with Crippen molar-refractivity contribution in [3.8, 4) is 0 Å². The van der Waals surface area contributed by atoms with Crippen LogP contribution in [-0.2, 0) is 0 Å². The average molecular weight is 371 g/mol. The maximum atomic E-state index is 12.4. The maximum Gasteiger partial charge on any atom is 0.176 e. The number of nitrogens with zero attached hydrogens (tertiary/aromatic N) is 1. The molecule has 0 bridgehead atoms. The lowest BCUT2D eigenvalue weighted by molar-refractivity contribution is 0.0983. The number of likely N-dealkylation sites (tertiary alicyclic amines) is 1. The highest BCUT2D eigenvalue weighted by atomic mass is 35.5. The zero-order chi connectivity index (χ0) is 18.4. The van der Waals surface area contributed by atoms with Crippen LogP contribution in [0.2, 0.25) is 5.02 Å². The first-order valence-electron chi connectivity index (χ1n) is 9.43. The Balaban J connectivity index is 1.62. The third-order valence-electron chi connectivity index (χ3n) is 5.08. The Bertz CT molecular complexity index is 706. The number of rotatable bonds is 7. The van der Waals surface area contributed by atoms with E-state index in [-0.39, 0.29) is 5.78 Å². The van der Waals surface area contributed by atoms with Gasteiger partial charge in [0.25, 0.3) is 0 Å². The number of hydrogen-bond donors (Lipinski definition) is 1. The monoisotopic (exact) mass is 370 g/mol. The molecule has 0 aromatic heterocycles. The van der Waals surface area contributed by atoms with Crippen LogP contribution in [0.4, 0.5) is 0 Å². The van der Waals surface area contributed by atoms with Gasteiger partial charge in [-0.1, -0.05) is 47.9 Å². The molecule has 1 atom stereocenters. The summed E-state index contributed by atoms with van der Waals surface area (Å²) in [6, 6.07) is 16.2. The van der Waals surface area contributed by atoms with Gasteiger partial charge in [0.2, 0.25) is 0 Å². The Hall–Kier alpha value is -1.68. The number of carbonyl (C=O) groups is 1. The van der Waals surface area contributed by atoms with Gasteiger partial charge in [0.1, 0.15) is 0 Å². The highest BCUT2D eigenvalue weighted by molar-refractivity contribution is 6.30. The minimum absolute atomic E-state index is 0.1000. The minimum Gasteiger partial charge on any atom is -0.308 e. The quantitative estimate of drug-likeness (QED) is 0.720. The van der Waals surface area contributed by atoms with Crippen LogP contribution in [0.3, 0.4) is 0 Å². The topological polar surface area (TPSA) is 32.3 Å². The molecule has 0 amide bonds. The van der Waals surface area contributed by atoms with Crippen molar-refractivity contribution in [1.29, 1.82) is 0 Å². The molecule has 4 heteroatoms. The van der Waals surface area contributed by atoms with E-state index < -0.39 is 0 Å². The molecule has 1 fully saturated rings. The third kappa shape index (κ3) is 5.16. The van der Waals surface area contributed by atoms with Gasteiger partial charge in [0, 0.05) is 23.2 Å². The molecule has 2 aromatic rings. The van der Waals surface area contributed by atoms with E-state index in [0.717, 1.165) is 19.6 Å². The first kappa shape index (κ1) is 19.1. The number of aryl methyl sites for hydroxylation is 1. The number of Topliss-reactive ketones (excluding diaryl/α,β-unsaturated/α-hetero) is 1. The summed E-state index contributed by atoms with van der Waals surface area (Å²) in [7, 11) is 0. The van der Waals surface area contributed by atoms with Crippen molar-refractivity contribution in [2.24, 2.45) is 0 Å².